The number of rotatable bonds is 6. The molecule has 5 heteroatoms. The molecule has 2 aliphatic rings. The van der Waals surface area contributed by atoms with Crippen LogP contribution in [-0.2, 0) is 6.54 Å². The van der Waals surface area contributed by atoms with Gasteiger partial charge >= 0.3 is 0 Å². The smallest absolute Gasteiger partial charge is 0.0798 e. The van der Waals surface area contributed by atoms with Gasteiger partial charge in [0.1, 0.15) is 0 Å². The van der Waals surface area contributed by atoms with Gasteiger partial charge in [-0.2, -0.15) is 0 Å². The summed E-state index contributed by atoms with van der Waals surface area (Å²) in [5.41, 5.74) is 3.46. The van der Waals surface area contributed by atoms with E-state index in [0.717, 1.165) is 24.9 Å². The number of piperidine rings is 1. The van der Waals surface area contributed by atoms with E-state index >= 15 is 0 Å². The van der Waals surface area contributed by atoms with Gasteiger partial charge in [0.05, 0.1) is 11.2 Å². The first kappa shape index (κ1) is 16.2. The van der Waals surface area contributed by atoms with Crippen LogP contribution >= 0.6 is 23.7 Å². The number of halogens is 1. The molecule has 0 radical (unpaired) electrons. The minimum Gasteiger partial charge on any atom is -0.317 e. The van der Waals surface area contributed by atoms with Crippen molar-refractivity contribution in [3.63, 3.8) is 0 Å². The number of likely N-dealkylation sites (tertiary alicyclic amines) is 1. The number of hydrogen-bond acceptors (Lipinski definition) is 4. The van der Waals surface area contributed by atoms with Crippen molar-refractivity contribution in [3.8, 4) is 0 Å². The first-order valence-electron chi connectivity index (χ1n) is 7.72. The second kappa shape index (κ2) is 7.74. The lowest BCUT2D eigenvalue weighted by molar-refractivity contribution is 0.176. The number of nitrogens with one attached hydrogen (secondary N) is 1. The monoisotopic (exact) mass is 315 g/mol. The van der Waals surface area contributed by atoms with Gasteiger partial charge in [-0.3, -0.25) is 4.90 Å². The maximum atomic E-state index is 4.58. The van der Waals surface area contributed by atoms with Gasteiger partial charge in [0.25, 0.3) is 0 Å². The van der Waals surface area contributed by atoms with Crippen molar-refractivity contribution in [1.82, 2.24) is 15.2 Å². The van der Waals surface area contributed by atoms with Gasteiger partial charge in [-0.05, 0) is 57.8 Å². The van der Waals surface area contributed by atoms with Crippen LogP contribution in [0.5, 0.6) is 0 Å². The molecular formula is C15H26ClN3S. The molecule has 1 N–H and O–H groups in total. The Bertz CT molecular complexity index is 398. The molecule has 0 aromatic carbocycles. The molecule has 114 valence electrons. The second-order valence-electron chi connectivity index (χ2n) is 5.96. The van der Waals surface area contributed by atoms with Gasteiger partial charge in [-0.1, -0.05) is 6.92 Å². The number of thiazole rings is 1. The highest BCUT2D eigenvalue weighted by Crippen LogP contribution is 2.42. The van der Waals surface area contributed by atoms with E-state index in [1.54, 1.807) is 0 Å². The zero-order valence-electron chi connectivity index (χ0n) is 12.3. The van der Waals surface area contributed by atoms with Crippen LogP contribution in [0.2, 0.25) is 0 Å². The van der Waals surface area contributed by atoms with E-state index in [2.05, 4.69) is 22.1 Å². The SMILES string of the molecule is CCNCC1CCN(Cc2scnc2C2CC2)CC1.Cl. The lowest BCUT2D eigenvalue weighted by Gasteiger charge is -2.31. The maximum absolute atomic E-state index is 4.58. The molecule has 3 rings (SSSR count). The predicted molar refractivity (Wildman–Crippen MR) is 87.9 cm³/mol. The van der Waals surface area contributed by atoms with Crippen LogP contribution in [0.4, 0.5) is 0 Å². The van der Waals surface area contributed by atoms with Gasteiger partial charge in [0.2, 0.25) is 0 Å². The largest absolute Gasteiger partial charge is 0.317 e. The molecule has 2 heterocycles. The Morgan fingerprint density at radius 2 is 2.05 bits per heavy atom. The maximum Gasteiger partial charge on any atom is 0.0798 e. The van der Waals surface area contributed by atoms with Crippen molar-refractivity contribution in [2.45, 2.75) is 45.1 Å². The first-order valence-corrected chi connectivity index (χ1v) is 8.60. The summed E-state index contributed by atoms with van der Waals surface area (Å²) in [6.45, 7) is 8.17. The second-order valence-corrected chi connectivity index (χ2v) is 6.90. The van der Waals surface area contributed by atoms with Crippen molar-refractivity contribution in [2.24, 2.45) is 5.92 Å². The van der Waals surface area contributed by atoms with Crippen molar-refractivity contribution in [2.75, 3.05) is 26.2 Å². The van der Waals surface area contributed by atoms with Crippen LogP contribution in [0.3, 0.4) is 0 Å². The Hall–Kier alpha value is -0.160. The highest BCUT2D eigenvalue weighted by molar-refractivity contribution is 7.09. The lowest BCUT2D eigenvalue weighted by Crippen LogP contribution is -2.36. The zero-order valence-corrected chi connectivity index (χ0v) is 13.9. The van der Waals surface area contributed by atoms with E-state index in [9.17, 15) is 0 Å². The molecule has 1 aliphatic heterocycles. The van der Waals surface area contributed by atoms with E-state index in [1.165, 1.54) is 55.9 Å². The Morgan fingerprint density at radius 3 is 2.70 bits per heavy atom. The van der Waals surface area contributed by atoms with E-state index < -0.39 is 0 Å². The predicted octanol–water partition coefficient (Wildman–Crippen LogP) is 3.26. The molecular weight excluding hydrogens is 290 g/mol. The van der Waals surface area contributed by atoms with Crippen molar-refractivity contribution in [3.05, 3.63) is 16.1 Å². The fraction of sp³-hybridized carbons (Fsp3) is 0.800. The molecule has 2 fully saturated rings. The van der Waals surface area contributed by atoms with Crippen molar-refractivity contribution >= 4 is 23.7 Å². The zero-order chi connectivity index (χ0) is 13.1. The third-order valence-corrected chi connectivity index (χ3v) is 5.23. The minimum absolute atomic E-state index is 0. The summed E-state index contributed by atoms with van der Waals surface area (Å²) in [6.07, 6.45) is 5.43. The van der Waals surface area contributed by atoms with Crippen LogP contribution < -0.4 is 5.32 Å². The number of hydrogen-bond donors (Lipinski definition) is 1. The van der Waals surface area contributed by atoms with E-state index in [1.807, 2.05) is 16.8 Å². The molecule has 1 aromatic rings. The Morgan fingerprint density at radius 1 is 1.30 bits per heavy atom. The summed E-state index contributed by atoms with van der Waals surface area (Å²) in [6, 6.07) is 0. The van der Waals surface area contributed by atoms with Gasteiger partial charge in [0, 0.05) is 17.3 Å². The van der Waals surface area contributed by atoms with Crippen LogP contribution in [0.15, 0.2) is 5.51 Å². The quantitative estimate of drug-likeness (QED) is 0.873. The molecule has 0 atom stereocenters. The molecule has 1 saturated carbocycles. The highest BCUT2D eigenvalue weighted by atomic mass is 35.5. The summed E-state index contributed by atoms with van der Waals surface area (Å²) in [5, 5.41) is 3.48. The summed E-state index contributed by atoms with van der Waals surface area (Å²) >= 11 is 1.86. The van der Waals surface area contributed by atoms with Gasteiger partial charge < -0.3 is 5.32 Å². The molecule has 3 nitrogen and oxygen atoms in total. The normalized spacial score (nSPS) is 20.9. The van der Waals surface area contributed by atoms with Gasteiger partial charge in [0.15, 0.2) is 0 Å². The van der Waals surface area contributed by atoms with Crippen molar-refractivity contribution < 1.29 is 0 Å². The van der Waals surface area contributed by atoms with Crippen LogP contribution in [0.25, 0.3) is 0 Å². The van der Waals surface area contributed by atoms with E-state index in [0.29, 0.717) is 0 Å². The lowest BCUT2D eigenvalue weighted by atomic mass is 9.96. The Labute approximate surface area is 132 Å². The van der Waals surface area contributed by atoms with Crippen LogP contribution in [0.1, 0.15) is 49.1 Å². The number of nitrogens with zero attached hydrogens (tertiary/aromatic N) is 2. The third kappa shape index (κ3) is 4.17. The summed E-state index contributed by atoms with van der Waals surface area (Å²) in [5.74, 6) is 1.69. The summed E-state index contributed by atoms with van der Waals surface area (Å²) < 4.78 is 0. The minimum atomic E-state index is 0. The van der Waals surface area contributed by atoms with Crippen LogP contribution in [0, 0.1) is 5.92 Å². The standard InChI is InChI=1S/C15H25N3S.ClH/c1-2-16-9-12-5-7-18(8-6-12)10-14-15(13-3-4-13)17-11-19-14;/h11-13,16H,2-10H2,1H3;1H. The molecule has 0 unspecified atom stereocenters. The van der Waals surface area contributed by atoms with Crippen molar-refractivity contribution in [1.29, 1.82) is 0 Å². The topological polar surface area (TPSA) is 28.2 Å². The Kier molecular flexibility index (Phi) is 6.27. The molecule has 20 heavy (non-hydrogen) atoms. The van der Waals surface area contributed by atoms with Gasteiger partial charge in [-0.25, -0.2) is 4.98 Å². The molecule has 0 spiro atoms. The molecule has 0 bridgehead atoms. The summed E-state index contributed by atoms with van der Waals surface area (Å²) in [7, 11) is 0. The summed E-state index contributed by atoms with van der Waals surface area (Å²) in [4.78, 5) is 8.74. The van der Waals surface area contributed by atoms with E-state index in [4.69, 9.17) is 0 Å². The number of aromatic nitrogens is 1. The van der Waals surface area contributed by atoms with Crippen LogP contribution in [-0.4, -0.2) is 36.1 Å². The molecule has 1 saturated heterocycles. The van der Waals surface area contributed by atoms with Gasteiger partial charge in [-0.15, -0.1) is 23.7 Å². The average Bonchev–Trinajstić information content (AvgIpc) is 3.19. The highest BCUT2D eigenvalue weighted by Gasteiger charge is 2.29. The fourth-order valence-corrected chi connectivity index (χ4v) is 3.88. The van der Waals surface area contributed by atoms with E-state index in [-0.39, 0.29) is 12.4 Å². The fourth-order valence-electron chi connectivity index (χ4n) is 2.99. The molecule has 1 aliphatic carbocycles. The average molecular weight is 316 g/mol. The molecule has 1 aromatic heterocycles. The Balaban J connectivity index is 0.00000147. The first-order chi connectivity index (χ1) is 9.36. The molecule has 0 amide bonds. The third-order valence-electron chi connectivity index (χ3n) is 4.39.